The highest BCUT2D eigenvalue weighted by Gasteiger charge is 2.11. The molecule has 2 aromatic carbocycles. The summed E-state index contributed by atoms with van der Waals surface area (Å²) in [5, 5.41) is 2.75. The number of aromatic amines is 1. The van der Waals surface area contributed by atoms with Crippen LogP contribution in [0.5, 0.6) is 0 Å². The van der Waals surface area contributed by atoms with E-state index >= 15 is 0 Å². The number of hydrogen-bond donors (Lipinski definition) is 2. The normalized spacial score (nSPS) is 11.0. The van der Waals surface area contributed by atoms with Gasteiger partial charge in [-0.2, -0.15) is 0 Å². The van der Waals surface area contributed by atoms with Gasteiger partial charge < -0.3 is 15.0 Å². The van der Waals surface area contributed by atoms with E-state index in [1.165, 1.54) is 12.1 Å². The predicted octanol–water partition coefficient (Wildman–Crippen LogP) is 2.44. The van der Waals surface area contributed by atoms with Gasteiger partial charge in [0.05, 0.1) is 24.2 Å². The Bertz CT molecular complexity index is 978. The van der Waals surface area contributed by atoms with E-state index in [1.54, 1.807) is 34.9 Å². The van der Waals surface area contributed by atoms with Gasteiger partial charge in [-0.05, 0) is 42.8 Å². The summed E-state index contributed by atoms with van der Waals surface area (Å²) < 4.78 is 20.1. The van der Waals surface area contributed by atoms with Crippen molar-refractivity contribution in [3.63, 3.8) is 0 Å². The van der Waals surface area contributed by atoms with Crippen molar-refractivity contribution in [2.45, 2.75) is 20.0 Å². The van der Waals surface area contributed by atoms with Crippen LogP contribution < -0.4 is 11.0 Å². The first-order chi connectivity index (χ1) is 12.6. The molecule has 0 fully saturated rings. The quantitative estimate of drug-likeness (QED) is 0.638. The molecule has 2 N–H and O–H groups in total. The van der Waals surface area contributed by atoms with Gasteiger partial charge in [-0.25, -0.2) is 9.18 Å². The molecule has 1 heterocycles. The Kier molecular flexibility index (Phi) is 5.48. The average molecular weight is 357 g/mol. The number of halogens is 1. The minimum atomic E-state index is -0.343. The van der Waals surface area contributed by atoms with E-state index in [9.17, 15) is 14.0 Å². The first-order valence-electron chi connectivity index (χ1n) is 8.41. The molecule has 0 aliphatic rings. The second-order valence-corrected chi connectivity index (χ2v) is 5.82. The average Bonchev–Trinajstić information content (AvgIpc) is 2.94. The maximum Gasteiger partial charge on any atom is 0.326 e. The van der Waals surface area contributed by atoms with E-state index in [4.69, 9.17) is 4.74 Å². The van der Waals surface area contributed by atoms with Crippen molar-refractivity contribution < 1.29 is 13.9 Å². The zero-order valence-electron chi connectivity index (χ0n) is 14.4. The highest BCUT2D eigenvalue weighted by molar-refractivity contribution is 5.97. The number of amides is 1. The molecule has 0 bridgehead atoms. The van der Waals surface area contributed by atoms with Crippen molar-refractivity contribution in [3.8, 4) is 0 Å². The van der Waals surface area contributed by atoms with E-state index < -0.39 is 0 Å². The van der Waals surface area contributed by atoms with Crippen LogP contribution in [0.25, 0.3) is 11.0 Å². The van der Waals surface area contributed by atoms with Gasteiger partial charge in [-0.3, -0.25) is 9.36 Å². The van der Waals surface area contributed by atoms with E-state index in [1.807, 2.05) is 6.92 Å². The maximum atomic E-state index is 13.2. The van der Waals surface area contributed by atoms with Crippen molar-refractivity contribution in [3.05, 3.63) is 69.9 Å². The molecule has 1 aromatic heterocycles. The van der Waals surface area contributed by atoms with Crippen molar-refractivity contribution in [1.82, 2.24) is 14.9 Å². The van der Waals surface area contributed by atoms with Crippen LogP contribution in [0.2, 0.25) is 0 Å². The lowest BCUT2D eigenvalue weighted by Gasteiger charge is -2.07. The number of imidazole rings is 1. The van der Waals surface area contributed by atoms with Crippen molar-refractivity contribution in [2.75, 3.05) is 13.2 Å². The molecule has 0 unspecified atom stereocenters. The Morgan fingerprint density at radius 1 is 1.27 bits per heavy atom. The molecular weight excluding hydrogens is 337 g/mol. The van der Waals surface area contributed by atoms with E-state index in [0.29, 0.717) is 36.4 Å². The molecule has 0 atom stereocenters. The molecule has 1 amide bonds. The minimum absolute atomic E-state index is 0.223. The van der Waals surface area contributed by atoms with Gasteiger partial charge in [-0.1, -0.05) is 12.1 Å². The highest BCUT2D eigenvalue weighted by Crippen LogP contribution is 2.13. The number of ether oxygens (including phenoxy) is 1. The molecule has 6 nitrogen and oxygen atoms in total. The number of hydrogen-bond acceptors (Lipinski definition) is 3. The topological polar surface area (TPSA) is 76.1 Å². The van der Waals surface area contributed by atoms with E-state index in [-0.39, 0.29) is 24.0 Å². The van der Waals surface area contributed by atoms with Gasteiger partial charge in [-0.15, -0.1) is 0 Å². The number of rotatable bonds is 7. The molecule has 3 rings (SSSR count). The largest absolute Gasteiger partial charge is 0.380 e. The third kappa shape index (κ3) is 4.00. The molecule has 3 aromatic rings. The van der Waals surface area contributed by atoms with Crippen LogP contribution in [-0.4, -0.2) is 28.7 Å². The van der Waals surface area contributed by atoms with Gasteiger partial charge >= 0.3 is 5.69 Å². The van der Waals surface area contributed by atoms with Crippen LogP contribution in [0.15, 0.2) is 47.3 Å². The fourth-order valence-electron chi connectivity index (χ4n) is 2.76. The predicted molar refractivity (Wildman–Crippen MR) is 96.6 cm³/mol. The third-order valence-corrected chi connectivity index (χ3v) is 4.04. The lowest BCUT2D eigenvalue weighted by Crippen LogP contribution is -2.22. The number of nitrogens with one attached hydrogen (secondary N) is 2. The van der Waals surface area contributed by atoms with Crippen LogP contribution in [0.4, 0.5) is 4.39 Å². The SMILES string of the molecule is CCOCCn1c(=O)[nH]c2cc(C(=O)NCc3cccc(F)c3)ccc21. The number of carbonyl (C=O) groups excluding carboxylic acids is 1. The summed E-state index contributed by atoms with van der Waals surface area (Å²) in [6.07, 6.45) is 0. The lowest BCUT2D eigenvalue weighted by molar-refractivity contribution is 0.0951. The number of aromatic nitrogens is 2. The first kappa shape index (κ1) is 17.9. The molecule has 0 spiro atoms. The van der Waals surface area contributed by atoms with E-state index in [0.717, 1.165) is 5.52 Å². The molecular formula is C19H20FN3O3. The number of H-pyrrole nitrogens is 1. The monoisotopic (exact) mass is 357 g/mol. The van der Waals surface area contributed by atoms with Crippen molar-refractivity contribution >= 4 is 16.9 Å². The van der Waals surface area contributed by atoms with Gasteiger partial charge in [0.25, 0.3) is 5.91 Å². The number of benzene rings is 2. The Balaban J connectivity index is 1.74. The fourth-order valence-corrected chi connectivity index (χ4v) is 2.76. The Labute approximate surface area is 149 Å². The molecule has 0 aliphatic heterocycles. The summed E-state index contributed by atoms with van der Waals surface area (Å²) in [6, 6.07) is 11.1. The van der Waals surface area contributed by atoms with Gasteiger partial charge in [0, 0.05) is 18.7 Å². The maximum absolute atomic E-state index is 13.2. The van der Waals surface area contributed by atoms with Crippen molar-refractivity contribution in [2.24, 2.45) is 0 Å². The summed E-state index contributed by atoms with van der Waals surface area (Å²) in [5.74, 6) is -0.636. The zero-order chi connectivity index (χ0) is 18.5. The zero-order valence-corrected chi connectivity index (χ0v) is 14.4. The molecule has 0 radical (unpaired) electrons. The molecule has 7 heteroatoms. The van der Waals surface area contributed by atoms with Crippen molar-refractivity contribution in [1.29, 1.82) is 0 Å². The summed E-state index contributed by atoms with van der Waals surface area (Å²) >= 11 is 0. The molecule has 0 saturated heterocycles. The van der Waals surface area contributed by atoms with Crippen LogP contribution in [0.1, 0.15) is 22.8 Å². The number of nitrogens with zero attached hydrogens (tertiary/aromatic N) is 1. The third-order valence-electron chi connectivity index (χ3n) is 4.04. The van der Waals surface area contributed by atoms with Crippen LogP contribution >= 0.6 is 0 Å². The summed E-state index contributed by atoms with van der Waals surface area (Å²) in [7, 11) is 0. The van der Waals surface area contributed by atoms with Crippen LogP contribution in [0, 0.1) is 5.82 Å². The van der Waals surface area contributed by atoms with E-state index in [2.05, 4.69) is 10.3 Å². The Morgan fingerprint density at radius 3 is 2.88 bits per heavy atom. The summed E-state index contributed by atoms with van der Waals surface area (Å²) in [5.41, 5.74) is 2.17. The molecule has 0 aliphatic carbocycles. The second-order valence-electron chi connectivity index (χ2n) is 5.82. The summed E-state index contributed by atoms with van der Waals surface area (Å²) in [6.45, 7) is 3.59. The Hall–Kier alpha value is -2.93. The second kappa shape index (κ2) is 7.97. The van der Waals surface area contributed by atoms with Crippen LogP contribution in [-0.2, 0) is 17.8 Å². The number of carbonyl (C=O) groups is 1. The highest BCUT2D eigenvalue weighted by atomic mass is 19.1. The lowest BCUT2D eigenvalue weighted by atomic mass is 10.1. The fraction of sp³-hybridized carbons (Fsp3) is 0.263. The minimum Gasteiger partial charge on any atom is -0.380 e. The van der Waals surface area contributed by atoms with Gasteiger partial charge in [0.1, 0.15) is 5.82 Å². The molecule has 0 saturated carbocycles. The smallest absolute Gasteiger partial charge is 0.326 e. The first-order valence-corrected chi connectivity index (χ1v) is 8.41. The molecule has 26 heavy (non-hydrogen) atoms. The van der Waals surface area contributed by atoms with Crippen LogP contribution in [0.3, 0.4) is 0 Å². The standard InChI is InChI=1S/C19H20FN3O3/c1-2-26-9-8-23-17-7-6-14(11-16(17)22-19(23)25)18(24)21-12-13-4-3-5-15(20)10-13/h3-7,10-11H,2,8-9,12H2,1H3,(H,21,24)(H,22,25). The Morgan fingerprint density at radius 2 is 2.12 bits per heavy atom. The summed E-state index contributed by atoms with van der Waals surface area (Å²) in [4.78, 5) is 27.2. The van der Waals surface area contributed by atoms with Gasteiger partial charge in [0.15, 0.2) is 0 Å². The molecule has 136 valence electrons. The van der Waals surface area contributed by atoms with Gasteiger partial charge in [0.2, 0.25) is 0 Å². The number of fused-ring (bicyclic) bond motifs is 1.